The Morgan fingerprint density at radius 2 is 2.16 bits per heavy atom. The van der Waals surface area contributed by atoms with Crippen molar-refractivity contribution >= 4 is 5.91 Å². The number of nitrogens with one attached hydrogen (secondary N) is 1. The summed E-state index contributed by atoms with van der Waals surface area (Å²) in [5.41, 5.74) is 8.64. The highest BCUT2D eigenvalue weighted by Gasteiger charge is 2.04. The summed E-state index contributed by atoms with van der Waals surface area (Å²) >= 11 is 0. The smallest absolute Gasteiger partial charge is 0.248 e. The van der Waals surface area contributed by atoms with Gasteiger partial charge in [0.15, 0.2) is 0 Å². The monoisotopic (exact) mass is 255 g/mol. The van der Waals surface area contributed by atoms with Crippen LogP contribution in [0.15, 0.2) is 42.6 Å². The van der Waals surface area contributed by atoms with Crippen LogP contribution in [0, 0.1) is 0 Å². The standard InChI is InChI=1S/C15H17N3O/c1-2-17-9-11-6-7-14(18-10-11)12-4-3-5-13(8-12)15(16)19/h3-8,10,17H,2,9H2,1H3,(H2,16,19). The Kier molecular flexibility index (Phi) is 4.26. The fourth-order valence-corrected chi connectivity index (χ4v) is 1.80. The van der Waals surface area contributed by atoms with E-state index in [1.54, 1.807) is 12.1 Å². The van der Waals surface area contributed by atoms with Crippen molar-refractivity contribution in [1.29, 1.82) is 0 Å². The van der Waals surface area contributed by atoms with Gasteiger partial charge in [-0.1, -0.05) is 25.1 Å². The number of primary amides is 1. The van der Waals surface area contributed by atoms with Crippen molar-refractivity contribution in [2.24, 2.45) is 5.73 Å². The summed E-state index contributed by atoms with van der Waals surface area (Å²) < 4.78 is 0. The maximum Gasteiger partial charge on any atom is 0.248 e. The van der Waals surface area contributed by atoms with Gasteiger partial charge in [0.1, 0.15) is 0 Å². The molecule has 3 N–H and O–H groups in total. The largest absolute Gasteiger partial charge is 0.366 e. The number of carbonyl (C=O) groups is 1. The molecule has 0 fully saturated rings. The number of rotatable bonds is 5. The molecule has 0 saturated heterocycles. The number of nitrogens with zero attached hydrogens (tertiary/aromatic N) is 1. The van der Waals surface area contributed by atoms with Gasteiger partial charge in [0.05, 0.1) is 5.69 Å². The molecule has 1 amide bonds. The molecule has 1 aromatic heterocycles. The Morgan fingerprint density at radius 3 is 2.79 bits per heavy atom. The van der Waals surface area contributed by atoms with E-state index in [9.17, 15) is 4.79 Å². The summed E-state index contributed by atoms with van der Waals surface area (Å²) in [6.07, 6.45) is 1.84. The van der Waals surface area contributed by atoms with Gasteiger partial charge in [-0.2, -0.15) is 0 Å². The van der Waals surface area contributed by atoms with E-state index in [1.165, 1.54) is 0 Å². The molecule has 98 valence electrons. The molecule has 0 unspecified atom stereocenters. The summed E-state index contributed by atoms with van der Waals surface area (Å²) in [4.78, 5) is 15.6. The van der Waals surface area contributed by atoms with E-state index in [1.807, 2.05) is 30.5 Å². The van der Waals surface area contributed by atoms with Crippen molar-refractivity contribution in [2.45, 2.75) is 13.5 Å². The van der Waals surface area contributed by atoms with Gasteiger partial charge >= 0.3 is 0 Å². The highest BCUT2D eigenvalue weighted by Crippen LogP contribution is 2.18. The highest BCUT2D eigenvalue weighted by atomic mass is 16.1. The Bertz CT molecular complexity index is 564. The second-order valence-electron chi connectivity index (χ2n) is 4.28. The quantitative estimate of drug-likeness (QED) is 0.858. The van der Waals surface area contributed by atoms with Crippen molar-refractivity contribution in [2.75, 3.05) is 6.54 Å². The van der Waals surface area contributed by atoms with Crippen LogP contribution in [0.5, 0.6) is 0 Å². The lowest BCUT2D eigenvalue weighted by Crippen LogP contribution is -2.12. The third kappa shape index (κ3) is 3.39. The van der Waals surface area contributed by atoms with E-state index in [-0.39, 0.29) is 0 Å². The molecule has 0 saturated carbocycles. The summed E-state index contributed by atoms with van der Waals surface area (Å²) in [7, 11) is 0. The molecule has 0 aliphatic carbocycles. The third-order valence-corrected chi connectivity index (χ3v) is 2.85. The average molecular weight is 255 g/mol. The van der Waals surface area contributed by atoms with Crippen molar-refractivity contribution in [1.82, 2.24) is 10.3 Å². The molecule has 19 heavy (non-hydrogen) atoms. The number of hydrogen-bond donors (Lipinski definition) is 2. The minimum absolute atomic E-state index is 0.425. The maximum atomic E-state index is 11.2. The maximum absolute atomic E-state index is 11.2. The number of aromatic nitrogens is 1. The van der Waals surface area contributed by atoms with Crippen LogP contribution in [0.4, 0.5) is 0 Å². The molecular weight excluding hydrogens is 238 g/mol. The van der Waals surface area contributed by atoms with Crippen molar-refractivity contribution in [3.05, 3.63) is 53.7 Å². The lowest BCUT2D eigenvalue weighted by atomic mass is 10.1. The number of benzene rings is 1. The van der Waals surface area contributed by atoms with Gasteiger partial charge in [0.2, 0.25) is 5.91 Å². The topological polar surface area (TPSA) is 68.0 Å². The zero-order valence-corrected chi connectivity index (χ0v) is 10.9. The second-order valence-corrected chi connectivity index (χ2v) is 4.28. The summed E-state index contributed by atoms with van der Waals surface area (Å²) in [5, 5.41) is 3.25. The van der Waals surface area contributed by atoms with Crippen LogP contribution in [-0.4, -0.2) is 17.4 Å². The average Bonchev–Trinajstić information content (AvgIpc) is 2.46. The van der Waals surface area contributed by atoms with Crippen LogP contribution >= 0.6 is 0 Å². The molecule has 0 aliphatic heterocycles. The van der Waals surface area contributed by atoms with Crippen LogP contribution in [0.25, 0.3) is 11.3 Å². The predicted octanol–water partition coefficient (Wildman–Crippen LogP) is 1.96. The molecule has 2 rings (SSSR count). The van der Waals surface area contributed by atoms with Gasteiger partial charge in [-0.05, 0) is 30.3 Å². The lowest BCUT2D eigenvalue weighted by Gasteiger charge is -2.05. The van der Waals surface area contributed by atoms with Crippen LogP contribution in [0.2, 0.25) is 0 Å². The van der Waals surface area contributed by atoms with Crippen molar-refractivity contribution in [3.63, 3.8) is 0 Å². The first kappa shape index (κ1) is 13.2. The second kappa shape index (κ2) is 6.11. The van der Waals surface area contributed by atoms with Gasteiger partial charge in [-0.25, -0.2) is 0 Å². The molecule has 0 aliphatic rings. The molecule has 1 heterocycles. The normalized spacial score (nSPS) is 10.4. The van der Waals surface area contributed by atoms with E-state index in [2.05, 4.69) is 17.2 Å². The van der Waals surface area contributed by atoms with E-state index in [0.717, 1.165) is 29.9 Å². The number of amides is 1. The molecule has 2 aromatic rings. The number of carbonyl (C=O) groups excluding carboxylic acids is 1. The van der Waals surface area contributed by atoms with E-state index in [0.29, 0.717) is 5.56 Å². The predicted molar refractivity (Wildman–Crippen MR) is 75.6 cm³/mol. The molecule has 0 atom stereocenters. The third-order valence-electron chi connectivity index (χ3n) is 2.85. The van der Waals surface area contributed by atoms with Crippen LogP contribution in [-0.2, 0) is 6.54 Å². The Labute approximate surface area is 112 Å². The number of pyridine rings is 1. The van der Waals surface area contributed by atoms with Gasteiger partial charge < -0.3 is 11.1 Å². The Balaban J connectivity index is 2.22. The first-order chi connectivity index (χ1) is 9.20. The Hall–Kier alpha value is -2.20. The summed E-state index contributed by atoms with van der Waals surface area (Å²) in [5.74, 6) is -0.425. The summed E-state index contributed by atoms with van der Waals surface area (Å²) in [6, 6.07) is 11.2. The highest BCUT2D eigenvalue weighted by molar-refractivity contribution is 5.93. The van der Waals surface area contributed by atoms with Crippen LogP contribution in [0.3, 0.4) is 0 Å². The van der Waals surface area contributed by atoms with Crippen molar-refractivity contribution < 1.29 is 4.79 Å². The number of hydrogen-bond acceptors (Lipinski definition) is 3. The van der Waals surface area contributed by atoms with Gasteiger partial charge in [0, 0.05) is 23.9 Å². The minimum Gasteiger partial charge on any atom is -0.366 e. The fourth-order valence-electron chi connectivity index (χ4n) is 1.80. The molecule has 4 heteroatoms. The minimum atomic E-state index is -0.425. The summed E-state index contributed by atoms with van der Waals surface area (Å²) in [6.45, 7) is 3.81. The molecule has 4 nitrogen and oxygen atoms in total. The van der Waals surface area contributed by atoms with Gasteiger partial charge in [-0.3, -0.25) is 9.78 Å². The van der Waals surface area contributed by atoms with Gasteiger partial charge in [0.25, 0.3) is 0 Å². The van der Waals surface area contributed by atoms with E-state index < -0.39 is 5.91 Å². The molecule has 0 bridgehead atoms. The molecule has 0 radical (unpaired) electrons. The number of nitrogens with two attached hydrogens (primary N) is 1. The van der Waals surface area contributed by atoms with Crippen LogP contribution < -0.4 is 11.1 Å². The van der Waals surface area contributed by atoms with E-state index in [4.69, 9.17) is 5.73 Å². The lowest BCUT2D eigenvalue weighted by molar-refractivity contribution is 0.100. The fraction of sp³-hybridized carbons (Fsp3) is 0.200. The zero-order chi connectivity index (χ0) is 13.7. The van der Waals surface area contributed by atoms with E-state index >= 15 is 0 Å². The molecule has 1 aromatic carbocycles. The SMILES string of the molecule is CCNCc1ccc(-c2cccc(C(N)=O)c2)nc1. The zero-order valence-electron chi connectivity index (χ0n) is 10.9. The Morgan fingerprint density at radius 1 is 1.32 bits per heavy atom. The van der Waals surface area contributed by atoms with Crippen molar-refractivity contribution in [3.8, 4) is 11.3 Å². The first-order valence-corrected chi connectivity index (χ1v) is 6.26. The first-order valence-electron chi connectivity index (χ1n) is 6.26. The van der Waals surface area contributed by atoms with Gasteiger partial charge in [-0.15, -0.1) is 0 Å². The van der Waals surface area contributed by atoms with Crippen LogP contribution in [0.1, 0.15) is 22.8 Å². The molecule has 0 spiro atoms. The molecular formula is C15H17N3O.